The van der Waals surface area contributed by atoms with Crippen LogP contribution in [0.5, 0.6) is 0 Å². The van der Waals surface area contributed by atoms with Crippen LogP contribution in [0.15, 0.2) is 92.3 Å². The van der Waals surface area contributed by atoms with Crippen molar-refractivity contribution in [1.82, 2.24) is 4.90 Å². The number of hydrogen-bond acceptors (Lipinski definition) is 5. The molecule has 0 radical (unpaired) electrons. The van der Waals surface area contributed by atoms with Crippen LogP contribution in [0.3, 0.4) is 0 Å². The third-order valence-electron chi connectivity index (χ3n) is 5.27. The van der Waals surface area contributed by atoms with E-state index in [4.69, 9.17) is 4.42 Å². The van der Waals surface area contributed by atoms with Crippen LogP contribution in [0.4, 0.5) is 0 Å². The monoisotopic (exact) mass is 493 g/mol. The second-order valence-electron chi connectivity index (χ2n) is 7.21. The number of rotatable bonds is 5. The number of nitrogens with zero attached hydrogens (tertiary/aromatic N) is 1. The molecule has 0 saturated carbocycles. The van der Waals surface area contributed by atoms with Gasteiger partial charge in [-0.1, -0.05) is 52.3 Å². The summed E-state index contributed by atoms with van der Waals surface area (Å²) in [4.78, 5) is 29.0. The number of aliphatic hydroxyl groups excluding tert-OH is 1. The molecule has 31 heavy (non-hydrogen) atoms. The number of ketones is 1. The number of aliphatic hydroxyl groups is 1. The van der Waals surface area contributed by atoms with Crippen LogP contribution in [0.1, 0.15) is 27.0 Å². The highest BCUT2D eigenvalue weighted by molar-refractivity contribution is 9.10. The summed E-state index contributed by atoms with van der Waals surface area (Å²) in [6.07, 6.45) is 0. The number of fused-ring (bicyclic) bond motifs is 1. The third kappa shape index (κ3) is 3.49. The Labute approximate surface area is 190 Å². The van der Waals surface area contributed by atoms with Crippen LogP contribution in [0.2, 0.25) is 0 Å². The lowest BCUT2D eigenvalue weighted by Crippen LogP contribution is -2.30. The standard InChI is InChI=1S/C24H16BrNO4S/c25-16-8-9-18-15(11-16)12-19(30-18)22(27)20-21(14-5-2-1-3-6-14)26(24(29)23(20)28)13-17-7-4-10-31-17/h1-12,21,28H,13H2. The van der Waals surface area contributed by atoms with Crippen molar-refractivity contribution >= 4 is 49.9 Å². The molecule has 0 bridgehead atoms. The highest BCUT2D eigenvalue weighted by atomic mass is 79.9. The SMILES string of the molecule is O=C(C1=C(O)C(=O)N(Cc2cccs2)C1c1ccccc1)c1cc2cc(Br)ccc2o1. The zero-order chi connectivity index (χ0) is 21.5. The minimum Gasteiger partial charge on any atom is -0.503 e. The van der Waals surface area contributed by atoms with E-state index in [0.717, 1.165) is 20.3 Å². The number of carbonyl (C=O) groups excluding carboxylic acids is 2. The first-order chi connectivity index (χ1) is 15.0. The zero-order valence-corrected chi connectivity index (χ0v) is 18.5. The van der Waals surface area contributed by atoms with Crippen molar-refractivity contribution in [3.8, 4) is 0 Å². The molecule has 3 heterocycles. The maximum absolute atomic E-state index is 13.5. The van der Waals surface area contributed by atoms with Crippen LogP contribution >= 0.6 is 27.3 Å². The lowest BCUT2D eigenvalue weighted by molar-refractivity contribution is -0.130. The van der Waals surface area contributed by atoms with Crippen LogP contribution in [0.25, 0.3) is 11.0 Å². The number of Topliss-reactive ketones (excluding diaryl/α,β-unsaturated/α-hetero) is 1. The molecule has 1 aliphatic rings. The van der Waals surface area contributed by atoms with E-state index in [1.165, 1.54) is 16.2 Å². The van der Waals surface area contributed by atoms with Gasteiger partial charge in [-0.2, -0.15) is 0 Å². The fourth-order valence-electron chi connectivity index (χ4n) is 3.86. The van der Waals surface area contributed by atoms with Crippen LogP contribution in [-0.2, 0) is 11.3 Å². The van der Waals surface area contributed by atoms with Gasteiger partial charge in [-0.15, -0.1) is 11.3 Å². The van der Waals surface area contributed by atoms with Gasteiger partial charge in [-0.05, 0) is 41.3 Å². The summed E-state index contributed by atoms with van der Waals surface area (Å²) in [6.45, 7) is 0.296. The Balaban J connectivity index is 1.60. The Morgan fingerprint density at radius 3 is 2.65 bits per heavy atom. The van der Waals surface area contributed by atoms with E-state index in [9.17, 15) is 14.7 Å². The van der Waals surface area contributed by atoms with Crippen LogP contribution in [0, 0.1) is 0 Å². The van der Waals surface area contributed by atoms with Crippen LogP contribution in [-0.4, -0.2) is 21.7 Å². The summed E-state index contributed by atoms with van der Waals surface area (Å²) in [5.41, 5.74) is 1.34. The van der Waals surface area contributed by atoms with E-state index in [2.05, 4.69) is 15.9 Å². The second kappa shape index (κ2) is 7.83. The van der Waals surface area contributed by atoms with E-state index >= 15 is 0 Å². The molecule has 5 rings (SSSR count). The van der Waals surface area contributed by atoms with Gasteiger partial charge in [0.2, 0.25) is 5.78 Å². The van der Waals surface area contributed by atoms with Crippen molar-refractivity contribution < 1.29 is 19.1 Å². The van der Waals surface area contributed by atoms with Gasteiger partial charge in [0, 0.05) is 14.7 Å². The predicted octanol–water partition coefficient (Wildman–Crippen LogP) is 6.04. The first kappa shape index (κ1) is 19.8. The average molecular weight is 494 g/mol. The van der Waals surface area contributed by atoms with E-state index < -0.39 is 23.5 Å². The summed E-state index contributed by atoms with van der Waals surface area (Å²) < 4.78 is 6.63. The van der Waals surface area contributed by atoms with Gasteiger partial charge in [0.1, 0.15) is 5.58 Å². The molecule has 1 unspecified atom stereocenters. The van der Waals surface area contributed by atoms with Gasteiger partial charge < -0.3 is 14.4 Å². The molecule has 1 atom stereocenters. The van der Waals surface area contributed by atoms with E-state index in [1.54, 1.807) is 12.1 Å². The second-order valence-corrected chi connectivity index (χ2v) is 9.16. The third-order valence-corrected chi connectivity index (χ3v) is 6.63. The van der Waals surface area contributed by atoms with Gasteiger partial charge >= 0.3 is 0 Å². The van der Waals surface area contributed by atoms with Gasteiger partial charge in [0.25, 0.3) is 5.91 Å². The molecule has 4 aromatic rings. The molecule has 0 spiro atoms. The highest BCUT2D eigenvalue weighted by Crippen LogP contribution is 2.40. The molecule has 1 N–H and O–H groups in total. The van der Waals surface area contributed by atoms with Gasteiger partial charge in [0.15, 0.2) is 11.5 Å². The number of amides is 1. The number of benzene rings is 2. The quantitative estimate of drug-likeness (QED) is 0.344. The lowest BCUT2D eigenvalue weighted by Gasteiger charge is -2.26. The fourth-order valence-corrected chi connectivity index (χ4v) is 4.94. The Morgan fingerprint density at radius 2 is 1.90 bits per heavy atom. The molecule has 0 fully saturated rings. The summed E-state index contributed by atoms with van der Waals surface area (Å²) in [6, 6.07) is 19.5. The summed E-state index contributed by atoms with van der Waals surface area (Å²) >= 11 is 4.93. The molecular formula is C24H16BrNO4S. The molecule has 1 aliphatic heterocycles. The lowest BCUT2D eigenvalue weighted by atomic mass is 9.95. The molecule has 1 amide bonds. The Bertz CT molecular complexity index is 1320. The smallest absolute Gasteiger partial charge is 0.290 e. The largest absolute Gasteiger partial charge is 0.503 e. The molecule has 0 saturated heterocycles. The van der Waals surface area contributed by atoms with Gasteiger partial charge in [0.05, 0.1) is 18.2 Å². The van der Waals surface area contributed by atoms with Crippen molar-refractivity contribution in [2.45, 2.75) is 12.6 Å². The minimum atomic E-state index is -0.705. The van der Waals surface area contributed by atoms with Crippen LogP contribution < -0.4 is 0 Å². The van der Waals surface area contributed by atoms with Crippen molar-refractivity contribution in [1.29, 1.82) is 0 Å². The summed E-state index contributed by atoms with van der Waals surface area (Å²) in [5, 5.41) is 13.4. The first-order valence-corrected chi connectivity index (χ1v) is 11.3. The summed E-state index contributed by atoms with van der Waals surface area (Å²) in [5.74, 6) is -1.51. The minimum absolute atomic E-state index is 0.0332. The van der Waals surface area contributed by atoms with E-state index in [1.807, 2.05) is 60.0 Å². The van der Waals surface area contributed by atoms with Crippen molar-refractivity contribution in [2.75, 3.05) is 0 Å². The fraction of sp³-hybridized carbons (Fsp3) is 0.0833. The van der Waals surface area contributed by atoms with E-state index in [0.29, 0.717) is 12.1 Å². The molecule has 2 aromatic carbocycles. The van der Waals surface area contributed by atoms with Crippen molar-refractivity contribution in [3.05, 3.63) is 104 Å². The molecule has 2 aromatic heterocycles. The van der Waals surface area contributed by atoms with E-state index in [-0.39, 0.29) is 11.3 Å². The number of halogens is 1. The first-order valence-electron chi connectivity index (χ1n) is 9.58. The van der Waals surface area contributed by atoms with Gasteiger partial charge in [-0.25, -0.2) is 0 Å². The number of carbonyl (C=O) groups is 2. The maximum atomic E-state index is 13.5. The van der Waals surface area contributed by atoms with Crippen molar-refractivity contribution in [3.63, 3.8) is 0 Å². The topological polar surface area (TPSA) is 70.8 Å². The molecule has 5 nitrogen and oxygen atoms in total. The Hall–Kier alpha value is -3.16. The highest BCUT2D eigenvalue weighted by Gasteiger charge is 2.44. The van der Waals surface area contributed by atoms with Gasteiger partial charge in [-0.3, -0.25) is 9.59 Å². The number of thiophene rings is 1. The molecule has 0 aliphatic carbocycles. The number of hydrogen-bond donors (Lipinski definition) is 1. The Kier molecular flexibility index (Phi) is 5.00. The van der Waals surface area contributed by atoms with Crippen molar-refractivity contribution in [2.24, 2.45) is 0 Å². The predicted molar refractivity (Wildman–Crippen MR) is 122 cm³/mol. The number of furan rings is 1. The summed E-state index contributed by atoms with van der Waals surface area (Å²) in [7, 11) is 0. The molecule has 7 heteroatoms. The molecular weight excluding hydrogens is 478 g/mol. The molecule has 154 valence electrons. The normalized spacial score (nSPS) is 16.5. The maximum Gasteiger partial charge on any atom is 0.290 e. The Morgan fingerprint density at radius 1 is 1.10 bits per heavy atom. The zero-order valence-electron chi connectivity index (χ0n) is 16.1. The average Bonchev–Trinajstić information content (AvgIpc) is 3.49.